The van der Waals surface area contributed by atoms with Crippen molar-refractivity contribution in [3.63, 3.8) is 0 Å². The number of pyridine rings is 1. The van der Waals surface area contributed by atoms with E-state index < -0.39 is 0 Å². The Hall–Kier alpha value is -3.41. The summed E-state index contributed by atoms with van der Waals surface area (Å²) in [5.41, 5.74) is 5.20. The normalized spacial score (nSPS) is 14.7. The lowest BCUT2D eigenvalue weighted by molar-refractivity contribution is -0.122. The topological polar surface area (TPSA) is 64.7 Å². The third kappa shape index (κ3) is 3.49. The van der Waals surface area contributed by atoms with Crippen molar-refractivity contribution >= 4 is 16.9 Å². The molecule has 4 aromatic rings. The van der Waals surface area contributed by atoms with Gasteiger partial charge in [0.1, 0.15) is 6.54 Å². The van der Waals surface area contributed by atoms with E-state index in [1.165, 1.54) is 18.4 Å². The van der Waals surface area contributed by atoms with Crippen molar-refractivity contribution in [3.05, 3.63) is 77.9 Å². The van der Waals surface area contributed by atoms with Gasteiger partial charge in [0.2, 0.25) is 5.91 Å². The van der Waals surface area contributed by atoms with Crippen LogP contribution in [0.3, 0.4) is 0 Å². The van der Waals surface area contributed by atoms with Gasteiger partial charge in [-0.15, -0.1) is 0 Å². The SMILES string of the molecule is Cc1nn(CC(=O)NC(C)c2cccc(-n3cccc3)c2)c2nccc(C3CC3)c12. The highest BCUT2D eigenvalue weighted by Gasteiger charge is 2.27. The zero-order chi connectivity index (χ0) is 20.7. The molecular formula is C24H25N5O. The van der Waals surface area contributed by atoms with Gasteiger partial charge in [0.15, 0.2) is 5.65 Å². The van der Waals surface area contributed by atoms with Crippen LogP contribution in [0, 0.1) is 6.92 Å². The molecule has 1 saturated carbocycles. The molecule has 0 bridgehead atoms. The summed E-state index contributed by atoms with van der Waals surface area (Å²) in [6.45, 7) is 4.16. The molecule has 5 rings (SSSR count). The lowest BCUT2D eigenvalue weighted by Gasteiger charge is -2.16. The molecule has 1 amide bonds. The first kappa shape index (κ1) is 18.6. The molecule has 1 aromatic carbocycles. The molecule has 1 atom stereocenters. The Balaban J connectivity index is 1.33. The van der Waals surface area contributed by atoms with Gasteiger partial charge < -0.3 is 9.88 Å². The monoisotopic (exact) mass is 399 g/mol. The number of hydrogen-bond donors (Lipinski definition) is 1. The summed E-state index contributed by atoms with van der Waals surface area (Å²) in [7, 11) is 0. The summed E-state index contributed by atoms with van der Waals surface area (Å²) in [6.07, 6.45) is 8.31. The molecule has 1 unspecified atom stereocenters. The molecular weight excluding hydrogens is 374 g/mol. The summed E-state index contributed by atoms with van der Waals surface area (Å²) in [6, 6.07) is 14.2. The molecule has 0 spiro atoms. The van der Waals surface area contributed by atoms with Crippen molar-refractivity contribution in [2.45, 2.75) is 45.2 Å². The predicted octanol–water partition coefficient (Wildman–Crippen LogP) is 4.29. The van der Waals surface area contributed by atoms with E-state index in [1.807, 2.05) is 56.7 Å². The van der Waals surface area contributed by atoms with Crippen LogP contribution in [0.15, 0.2) is 61.1 Å². The number of nitrogens with one attached hydrogen (secondary N) is 1. The van der Waals surface area contributed by atoms with E-state index in [-0.39, 0.29) is 18.5 Å². The molecule has 3 heterocycles. The molecule has 6 nitrogen and oxygen atoms in total. The predicted molar refractivity (Wildman–Crippen MR) is 117 cm³/mol. The van der Waals surface area contributed by atoms with Gasteiger partial charge in [0.05, 0.1) is 11.7 Å². The lowest BCUT2D eigenvalue weighted by atomic mass is 10.1. The molecule has 0 saturated heterocycles. The third-order valence-electron chi connectivity index (χ3n) is 5.80. The molecule has 1 aliphatic rings. The van der Waals surface area contributed by atoms with Gasteiger partial charge in [0.25, 0.3) is 0 Å². The minimum Gasteiger partial charge on any atom is -0.348 e. The highest BCUT2D eigenvalue weighted by molar-refractivity contribution is 5.85. The van der Waals surface area contributed by atoms with Crippen LogP contribution >= 0.6 is 0 Å². The fourth-order valence-corrected chi connectivity index (χ4v) is 4.12. The van der Waals surface area contributed by atoms with Gasteiger partial charge in [-0.3, -0.25) is 4.79 Å². The first-order chi connectivity index (χ1) is 14.6. The summed E-state index contributed by atoms with van der Waals surface area (Å²) in [5.74, 6) is 0.546. The lowest BCUT2D eigenvalue weighted by Crippen LogP contribution is -2.30. The van der Waals surface area contributed by atoms with Crippen molar-refractivity contribution in [1.82, 2.24) is 24.6 Å². The first-order valence-corrected chi connectivity index (χ1v) is 10.4. The van der Waals surface area contributed by atoms with Crippen molar-refractivity contribution in [2.24, 2.45) is 0 Å². The molecule has 1 N–H and O–H groups in total. The Morgan fingerprint density at radius 2 is 2.00 bits per heavy atom. The number of rotatable bonds is 6. The average molecular weight is 399 g/mol. The first-order valence-electron chi connectivity index (χ1n) is 10.4. The van der Waals surface area contributed by atoms with E-state index in [2.05, 4.69) is 38.2 Å². The highest BCUT2D eigenvalue weighted by atomic mass is 16.2. The van der Waals surface area contributed by atoms with Gasteiger partial charge in [-0.2, -0.15) is 5.10 Å². The van der Waals surface area contributed by atoms with Crippen LogP contribution in [0.4, 0.5) is 0 Å². The Morgan fingerprint density at radius 1 is 1.20 bits per heavy atom. The highest BCUT2D eigenvalue weighted by Crippen LogP contribution is 2.43. The van der Waals surface area contributed by atoms with Crippen LogP contribution in [0.1, 0.15) is 48.5 Å². The van der Waals surface area contributed by atoms with Crippen LogP contribution < -0.4 is 5.32 Å². The number of carbonyl (C=O) groups excluding carboxylic acids is 1. The van der Waals surface area contributed by atoms with Crippen LogP contribution in [0.5, 0.6) is 0 Å². The second-order valence-corrected chi connectivity index (χ2v) is 8.09. The second kappa shape index (κ2) is 7.44. The van der Waals surface area contributed by atoms with E-state index >= 15 is 0 Å². The van der Waals surface area contributed by atoms with Gasteiger partial charge in [-0.05, 0) is 74.1 Å². The summed E-state index contributed by atoms with van der Waals surface area (Å²) >= 11 is 0. The number of amides is 1. The average Bonchev–Trinajstić information content (AvgIpc) is 3.35. The van der Waals surface area contributed by atoms with E-state index in [0.29, 0.717) is 5.92 Å². The van der Waals surface area contributed by atoms with E-state index in [0.717, 1.165) is 28.0 Å². The van der Waals surface area contributed by atoms with E-state index in [9.17, 15) is 4.79 Å². The molecule has 152 valence electrons. The Bertz CT molecular complexity index is 1200. The van der Waals surface area contributed by atoms with Crippen molar-refractivity contribution in [2.75, 3.05) is 0 Å². The van der Waals surface area contributed by atoms with Crippen LogP contribution in [0.25, 0.3) is 16.7 Å². The fraction of sp³-hybridized carbons (Fsp3) is 0.292. The smallest absolute Gasteiger partial charge is 0.242 e. The molecule has 0 radical (unpaired) electrons. The maximum atomic E-state index is 12.8. The Morgan fingerprint density at radius 3 is 2.77 bits per heavy atom. The molecule has 6 heteroatoms. The van der Waals surface area contributed by atoms with Gasteiger partial charge in [-0.1, -0.05) is 12.1 Å². The van der Waals surface area contributed by atoms with Gasteiger partial charge in [0, 0.05) is 29.7 Å². The number of aromatic nitrogens is 4. The van der Waals surface area contributed by atoms with Crippen molar-refractivity contribution in [3.8, 4) is 5.69 Å². The fourth-order valence-electron chi connectivity index (χ4n) is 4.12. The maximum absolute atomic E-state index is 12.8. The summed E-state index contributed by atoms with van der Waals surface area (Å²) in [5, 5.41) is 8.83. The largest absolute Gasteiger partial charge is 0.348 e. The van der Waals surface area contributed by atoms with Gasteiger partial charge in [-0.25, -0.2) is 9.67 Å². The number of benzene rings is 1. The number of hydrogen-bond acceptors (Lipinski definition) is 3. The Labute approximate surface area is 175 Å². The van der Waals surface area contributed by atoms with Crippen LogP contribution in [-0.4, -0.2) is 25.2 Å². The summed E-state index contributed by atoms with van der Waals surface area (Å²) < 4.78 is 3.79. The Kier molecular flexibility index (Phi) is 4.62. The third-order valence-corrected chi connectivity index (χ3v) is 5.80. The molecule has 0 aliphatic heterocycles. The van der Waals surface area contributed by atoms with Crippen molar-refractivity contribution < 1.29 is 4.79 Å². The standard InChI is InChI=1S/C24H25N5O/c1-16(19-6-5-7-20(14-19)28-12-3-4-13-28)26-22(30)15-29-24-23(17(2)27-29)21(10-11-25-24)18-8-9-18/h3-7,10-14,16,18H,8-9,15H2,1-2H3,(H,26,30). The number of fused-ring (bicyclic) bond motifs is 1. The number of nitrogens with zero attached hydrogens (tertiary/aromatic N) is 4. The molecule has 30 heavy (non-hydrogen) atoms. The second-order valence-electron chi connectivity index (χ2n) is 8.09. The van der Waals surface area contributed by atoms with Crippen LogP contribution in [-0.2, 0) is 11.3 Å². The minimum absolute atomic E-state index is 0.0723. The number of aryl methyl sites for hydroxylation is 1. The van der Waals surface area contributed by atoms with Crippen molar-refractivity contribution in [1.29, 1.82) is 0 Å². The van der Waals surface area contributed by atoms with Gasteiger partial charge >= 0.3 is 0 Å². The maximum Gasteiger partial charge on any atom is 0.242 e. The zero-order valence-electron chi connectivity index (χ0n) is 17.2. The molecule has 1 aliphatic carbocycles. The zero-order valence-corrected chi connectivity index (χ0v) is 17.2. The molecule has 3 aromatic heterocycles. The van der Waals surface area contributed by atoms with E-state index in [1.54, 1.807) is 4.68 Å². The minimum atomic E-state index is -0.106. The molecule has 1 fully saturated rings. The summed E-state index contributed by atoms with van der Waals surface area (Å²) in [4.78, 5) is 17.3. The number of carbonyl (C=O) groups is 1. The van der Waals surface area contributed by atoms with E-state index in [4.69, 9.17) is 0 Å². The quantitative estimate of drug-likeness (QED) is 0.526. The van der Waals surface area contributed by atoms with Crippen LogP contribution in [0.2, 0.25) is 0 Å².